The molecule has 1 aliphatic heterocycles. The van der Waals surface area contributed by atoms with Crippen molar-refractivity contribution in [3.63, 3.8) is 0 Å². The summed E-state index contributed by atoms with van der Waals surface area (Å²) in [6.07, 6.45) is 0. The SMILES string of the molecule is CC1(C#N)Sc2ccccc2N(Cc2ccccc2)C1=O. The Morgan fingerprint density at radius 2 is 1.81 bits per heavy atom. The quantitative estimate of drug-likeness (QED) is 0.850. The number of hydrogen-bond acceptors (Lipinski definition) is 3. The molecule has 0 spiro atoms. The summed E-state index contributed by atoms with van der Waals surface area (Å²) < 4.78 is -1.07. The van der Waals surface area contributed by atoms with Gasteiger partial charge in [-0.25, -0.2) is 0 Å². The Kier molecular flexibility index (Phi) is 3.44. The molecular weight excluding hydrogens is 280 g/mol. The minimum atomic E-state index is -1.07. The van der Waals surface area contributed by atoms with Gasteiger partial charge in [0.15, 0.2) is 4.75 Å². The number of fused-ring (bicyclic) bond motifs is 1. The molecule has 0 saturated carbocycles. The molecule has 2 aromatic rings. The number of nitriles is 1. The molecule has 104 valence electrons. The van der Waals surface area contributed by atoms with Crippen molar-refractivity contribution in [3.8, 4) is 6.07 Å². The summed E-state index contributed by atoms with van der Waals surface area (Å²) in [5.41, 5.74) is 1.93. The first kappa shape index (κ1) is 13.7. The fourth-order valence-corrected chi connectivity index (χ4v) is 3.50. The van der Waals surface area contributed by atoms with Crippen molar-refractivity contribution in [2.45, 2.75) is 23.1 Å². The normalized spacial score (nSPS) is 20.8. The zero-order valence-corrected chi connectivity index (χ0v) is 12.4. The first-order chi connectivity index (χ1) is 10.1. The van der Waals surface area contributed by atoms with E-state index in [1.54, 1.807) is 11.8 Å². The Morgan fingerprint density at radius 1 is 1.14 bits per heavy atom. The van der Waals surface area contributed by atoms with Gasteiger partial charge in [-0.2, -0.15) is 5.26 Å². The molecule has 3 rings (SSSR count). The third-order valence-corrected chi connectivity index (χ3v) is 4.76. The molecule has 0 radical (unpaired) electrons. The number of carbonyl (C=O) groups excluding carboxylic acids is 1. The first-order valence-corrected chi connectivity index (χ1v) is 7.51. The van der Waals surface area contributed by atoms with Crippen LogP contribution in [0, 0.1) is 11.3 Å². The predicted molar refractivity (Wildman–Crippen MR) is 83.9 cm³/mol. The van der Waals surface area contributed by atoms with Gasteiger partial charge in [-0.3, -0.25) is 4.79 Å². The summed E-state index contributed by atoms with van der Waals surface area (Å²) in [6, 6.07) is 19.7. The number of benzene rings is 2. The van der Waals surface area contributed by atoms with Crippen molar-refractivity contribution in [2.24, 2.45) is 0 Å². The van der Waals surface area contributed by atoms with Crippen LogP contribution in [-0.2, 0) is 11.3 Å². The van der Waals surface area contributed by atoms with Crippen molar-refractivity contribution in [1.29, 1.82) is 5.26 Å². The summed E-state index contributed by atoms with van der Waals surface area (Å²) >= 11 is 1.33. The smallest absolute Gasteiger partial charge is 0.258 e. The molecule has 0 fully saturated rings. The summed E-state index contributed by atoms with van der Waals surface area (Å²) in [7, 11) is 0. The second kappa shape index (κ2) is 5.27. The lowest BCUT2D eigenvalue weighted by Crippen LogP contribution is -2.47. The minimum absolute atomic E-state index is 0.155. The first-order valence-electron chi connectivity index (χ1n) is 6.69. The Hall–Kier alpha value is -2.25. The number of hydrogen-bond donors (Lipinski definition) is 0. The Bertz CT molecular complexity index is 723. The van der Waals surface area contributed by atoms with E-state index in [1.807, 2.05) is 54.6 Å². The zero-order chi connectivity index (χ0) is 14.9. The van der Waals surface area contributed by atoms with E-state index < -0.39 is 4.75 Å². The van der Waals surface area contributed by atoms with Gasteiger partial charge in [0.1, 0.15) is 0 Å². The van der Waals surface area contributed by atoms with E-state index in [-0.39, 0.29) is 5.91 Å². The molecule has 3 nitrogen and oxygen atoms in total. The molecule has 0 saturated heterocycles. The third kappa shape index (κ3) is 2.41. The summed E-state index contributed by atoms with van der Waals surface area (Å²) in [4.78, 5) is 15.4. The van der Waals surface area contributed by atoms with E-state index in [4.69, 9.17) is 0 Å². The molecule has 1 aliphatic rings. The molecule has 1 heterocycles. The molecule has 0 aromatic heterocycles. The van der Waals surface area contributed by atoms with E-state index in [0.717, 1.165) is 16.1 Å². The second-order valence-corrected chi connectivity index (χ2v) is 6.55. The van der Waals surface area contributed by atoms with Gasteiger partial charge >= 0.3 is 0 Å². The van der Waals surface area contributed by atoms with Crippen LogP contribution in [0.5, 0.6) is 0 Å². The van der Waals surface area contributed by atoms with Crippen LogP contribution in [0.4, 0.5) is 5.69 Å². The second-order valence-electron chi connectivity index (χ2n) is 5.09. The van der Waals surface area contributed by atoms with Crippen LogP contribution < -0.4 is 4.90 Å². The van der Waals surface area contributed by atoms with Crippen molar-refractivity contribution in [2.75, 3.05) is 4.90 Å². The minimum Gasteiger partial charge on any atom is -0.305 e. The molecule has 2 aromatic carbocycles. The maximum Gasteiger partial charge on any atom is 0.258 e. The van der Waals surface area contributed by atoms with Crippen molar-refractivity contribution in [3.05, 3.63) is 60.2 Å². The Morgan fingerprint density at radius 3 is 2.52 bits per heavy atom. The maximum absolute atomic E-state index is 12.7. The van der Waals surface area contributed by atoms with Gasteiger partial charge in [-0.1, -0.05) is 54.2 Å². The summed E-state index contributed by atoms with van der Waals surface area (Å²) in [6.45, 7) is 2.17. The van der Waals surface area contributed by atoms with E-state index >= 15 is 0 Å². The van der Waals surface area contributed by atoms with E-state index in [0.29, 0.717) is 6.54 Å². The lowest BCUT2D eigenvalue weighted by Gasteiger charge is -2.36. The predicted octanol–water partition coefficient (Wildman–Crippen LogP) is 3.61. The van der Waals surface area contributed by atoms with Crippen LogP contribution in [-0.4, -0.2) is 10.7 Å². The number of rotatable bonds is 2. The van der Waals surface area contributed by atoms with Crippen LogP contribution >= 0.6 is 11.8 Å². The van der Waals surface area contributed by atoms with Gasteiger partial charge in [-0.05, 0) is 24.6 Å². The molecule has 1 unspecified atom stereocenters. The van der Waals surface area contributed by atoms with Gasteiger partial charge in [0.2, 0.25) is 0 Å². The van der Waals surface area contributed by atoms with E-state index in [2.05, 4.69) is 6.07 Å². The average molecular weight is 294 g/mol. The highest BCUT2D eigenvalue weighted by molar-refractivity contribution is 8.02. The maximum atomic E-state index is 12.7. The van der Waals surface area contributed by atoms with Crippen LogP contribution in [0.3, 0.4) is 0 Å². The molecule has 0 bridgehead atoms. The topological polar surface area (TPSA) is 44.1 Å². The van der Waals surface area contributed by atoms with Crippen molar-refractivity contribution >= 4 is 23.4 Å². The number of nitrogens with zero attached hydrogens (tertiary/aromatic N) is 2. The molecule has 1 atom stereocenters. The van der Waals surface area contributed by atoms with Gasteiger partial charge in [0.05, 0.1) is 18.3 Å². The van der Waals surface area contributed by atoms with E-state index in [1.165, 1.54) is 11.8 Å². The molecular formula is C17H14N2OS. The van der Waals surface area contributed by atoms with Crippen LogP contribution in [0.1, 0.15) is 12.5 Å². The van der Waals surface area contributed by atoms with Gasteiger partial charge in [0.25, 0.3) is 5.91 Å². The molecule has 1 amide bonds. The largest absolute Gasteiger partial charge is 0.305 e. The highest BCUT2D eigenvalue weighted by atomic mass is 32.2. The number of para-hydroxylation sites is 1. The number of carbonyl (C=O) groups is 1. The average Bonchev–Trinajstić information content (AvgIpc) is 2.53. The number of anilines is 1. The molecule has 0 aliphatic carbocycles. The fourth-order valence-electron chi connectivity index (χ4n) is 2.39. The highest BCUT2D eigenvalue weighted by Crippen LogP contribution is 2.45. The lowest BCUT2D eigenvalue weighted by atomic mass is 10.1. The van der Waals surface area contributed by atoms with Gasteiger partial charge in [-0.15, -0.1) is 0 Å². The molecule has 4 heteroatoms. The van der Waals surface area contributed by atoms with Crippen LogP contribution in [0.2, 0.25) is 0 Å². The summed E-state index contributed by atoms with van der Waals surface area (Å²) in [5, 5.41) is 9.41. The summed E-state index contributed by atoms with van der Waals surface area (Å²) in [5.74, 6) is -0.155. The fraction of sp³-hybridized carbons (Fsp3) is 0.176. The molecule has 21 heavy (non-hydrogen) atoms. The number of amides is 1. The third-order valence-electron chi connectivity index (χ3n) is 3.52. The highest BCUT2D eigenvalue weighted by Gasteiger charge is 2.43. The van der Waals surface area contributed by atoms with Crippen molar-refractivity contribution < 1.29 is 4.79 Å². The Balaban J connectivity index is 2.05. The van der Waals surface area contributed by atoms with Crippen molar-refractivity contribution in [1.82, 2.24) is 0 Å². The van der Waals surface area contributed by atoms with Gasteiger partial charge in [0, 0.05) is 4.90 Å². The monoisotopic (exact) mass is 294 g/mol. The van der Waals surface area contributed by atoms with E-state index in [9.17, 15) is 10.1 Å². The zero-order valence-electron chi connectivity index (χ0n) is 11.6. The molecule has 0 N–H and O–H groups in total. The Labute approximate surface area is 128 Å². The standard InChI is InChI=1S/C17H14N2OS/c1-17(12-18)16(20)19(11-13-7-3-2-4-8-13)14-9-5-6-10-15(14)21-17/h2-10H,11H2,1H3. The van der Waals surface area contributed by atoms with Crippen LogP contribution in [0.15, 0.2) is 59.5 Å². The van der Waals surface area contributed by atoms with Gasteiger partial charge < -0.3 is 4.90 Å². The lowest BCUT2D eigenvalue weighted by molar-refractivity contribution is -0.119. The van der Waals surface area contributed by atoms with Crippen LogP contribution in [0.25, 0.3) is 0 Å². The number of thioether (sulfide) groups is 1.